The van der Waals surface area contributed by atoms with E-state index in [2.05, 4.69) is 5.32 Å². The first-order chi connectivity index (χ1) is 8.22. The average molecular weight is 238 g/mol. The zero-order valence-corrected chi connectivity index (χ0v) is 10.2. The van der Waals surface area contributed by atoms with Crippen molar-refractivity contribution in [3.05, 3.63) is 23.7 Å². The van der Waals surface area contributed by atoms with Crippen LogP contribution in [0.4, 0.5) is 0 Å². The van der Waals surface area contributed by atoms with Crippen LogP contribution in [-0.4, -0.2) is 43.6 Å². The molecule has 1 aromatic heterocycles. The summed E-state index contributed by atoms with van der Waals surface area (Å²) in [5, 5.41) is 3.25. The summed E-state index contributed by atoms with van der Waals surface area (Å²) in [7, 11) is 1.60. The molecule has 1 aliphatic heterocycles. The summed E-state index contributed by atoms with van der Waals surface area (Å²) < 4.78 is 10.4. The van der Waals surface area contributed by atoms with Gasteiger partial charge < -0.3 is 19.4 Å². The minimum Gasteiger partial charge on any atom is -0.453 e. The average Bonchev–Trinajstić information content (AvgIpc) is 2.78. The normalized spacial score (nSPS) is 20.6. The molecule has 1 aromatic rings. The molecule has 1 N–H and O–H groups in total. The van der Waals surface area contributed by atoms with Gasteiger partial charge in [0.15, 0.2) is 5.76 Å². The SMILES string of the molecule is COCc1ccc(C(=O)N2CCNCC2C)o1. The summed E-state index contributed by atoms with van der Waals surface area (Å²) in [4.78, 5) is 14.0. The van der Waals surface area contributed by atoms with Crippen LogP contribution in [-0.2, 0) is 11.3 Å². The van der Waals surface area contributed by atoms with Gasteiger partial charge in [0.1, 0.15) is 12.4 Å². The molecule has 5 heteroatoms. The van der Waals surface area contributed by atoms with Crippen molar-refractivity contribution in [3.63, 3.8) is 0 Å². The molecule has 0 bridgehead atoms. The van der Waals surface area contributed by atoms with Crippen molar-refractivity contribution < 1.29 is 13.9 Å². The maximum absolute atomic E-state index is 12.2. The lowest BCUT2D eigenvalue weighted by molar-refractivity contribution is 0.0616. The molecule has 1 saturated heterocycles. The van der Waals surface area contributed by atoms with Gasteiger partial charge in [-0.2, -0.15) is 0 Å². The zero-order valence-electron chi connectivity index (χ0n) is 10.2. The lowest BCUT2D eigenvalue weighted by atomic mass is 10.2. The van der Waals surface area contributed by atoms with Crippen molar-refractivity contribution in [3.8, 4) is 0 Å². The Hall–Kier alpha value is -1.33. The third-order valence-electron chi connectivity index (χ3n) is 2.92. The van der Waals surface area contributed by atoms with Gasteiger partial charge in [0.05, 0.1) is 0 Å². The first-order valence-corrected chi connectivity index (χ1v) is 5.81. The number of nitrogens with zero attached hydrogens (tertiary/aromatic N) is 1. The highest BCUT2D eigenvalue weighted by atomic mass is 16.5. The minimum atomic E-state index is -0.0404. The van der Waals surface area contributed by atoms with Gasteiger partial charge in [-0.15, -0.1) is 0 Å². The first kappa shape index (κ1) is 12.1. The van der Waals surface area contributed by atoms with Gasteiger partial charge in [0.2, 0.25) is 0 Å². The van der Waals surface area contributed by atoms with Crippen molar-refractivity contribution in [2.24, 2.45) is 0 Å². The standard InChI is InChI=1S/C12H18N2O3/c1-9-7-13-5-6-14(9)12(15)11-4-3-10(17-11)8-16-2/h3-4,9,13H,5-8H2,1-2H3. The van der Waals surface area contributed by atoms with Crippen LogP contribution in [0.15, 0.2) is 16.5 Å². The lowest BCUT2D eigenvalue weighted by Crippen LogP contribution is -2.52. The van der Waals surface area contributed by atoms with E-state index in [1.807, 2.05) is 11.8 Å². The summed E-state index contributed by atoms with van der Waals surface area (Å²) in [6.07, 6.45) is 0. The van der Waals surface area contributed by atoms with Gasteiger partial charge in [0, 0.05) is 32.8 Å². The Bertz CT molecular complexity index is 389. The minimum absolute atomic E-state index is 0.0404. The number of hydrogen-bond acceptors (Lipinski definition) is 4. The highest BCUT2D eigenvalue weighted by molar-refractivity contribution is 5.91. The molecule has 0 saturated carbocycles. The number of carbonyl (C=O) groups excluding carboxylic acids is 1. The Morgan fingerprint density at radius 2 is 2.47 bits per heavy atom. The zero-order chi connectivity index (χ0) is 12.3. The topological polar surface area (TPSA) is 54.7 Å². The molecule has 94 valence electrons. The van der Waals surface area contributed by atoms with E-state index < -0.39 is 0 Å². The lowest BCUT2D eigenvalue weighted by Gasteiger charge is -2.33. The summed E-state index contributed by atoms with van der Waals surface area (Å²) >= 11 is 0. The van der Waals surface area contributed by atoms with E-state index in [9.17, 15) is 4.79 Å². The predicted molar refractivity (Wildman–Crippen MR) is 62.8 cm³/mol. The second-order valence-electron chi connectivity index (χ2n) is 4.25. The van der Waals surface area contributed by atoms with Gasteiger partial charge in [-0.25, -0.2) is 0 Å². The molecule has 1 atom stereocenters. The van der Waals surface area contributed by atoms with E-state index in [1.165, 1.54) is 0 Å². The summed E-state index contributed by atoms with van der Waals surface area (Å²) in [5.74, 6) is 1.03. The smallest absolute Gasteiger partial charge is 0.289 e. The van der Waals surface area contributed by atoms with Gasteiger partial charge >= 0.3 is 0 Å². The van der Waals surface area contributed by atoms with Gasteiger partial charge in [-0.05, 0) is 19.1 Å². The second-order valence-corrected chi connectivity index (χ2v) is 4.25. The van der Waals surface area contributed by atoms with Crippen molar-refractivity contribution in [1.82, 2.24) is 10.2 Å². The highest BCUT2D eigenvalue weighted by Crippen LogP contribution is 2.14. The van der Waals surface area contributed by atoms with Crippen molar-refractivity contribution in [1.29, 1.82) is 0 Å². The molecule has 5 nitrogen and oxygen atoms in total. The Balaban J connectivity index is 2.07. The predicted octanol–water partition coefficient (Wildman–Crippen LogP) is 0.860. The van der Waals surface area contributed by atoms with E-state index in [0.29, 0.717) is 18.1 Å². The fraction of sp³-hybridized carbons (Fsp3) is 0.583. The van der Waals surface area contributed by atoms with Crippen LogP contribution in [0.5, 0.6) is 0 Å². The molecule has 0 spiro atoms. The number of piperazine rings is 1. The molecule has 0 aromatic carbocycles. The third-order valence-corrected chi connectivity index (χ3v) is 2.92. The van der Waals surface area contributed by atoms with Crippen LogP contribution in [0.25, 0.3) is 0 Å². The molecular weight excluding hydrogens is 220 g/mol. The van der Waals surface area contributed by atoms with Crippen LogP contribution < -0.4 is 5.32 Å². The number of furan rings is 1. The van der Waals surface area contributed by atoms with Crippen LogP contribution in [0.1, 0.15) is 23.2 Å². The molecule has 2 heterocycles. The number of nitrogens with one attached hydrogen (secondary N) is 1. The number of hydrogen-bond donors (Lipinski definition) is 1. The molecule has 1 aliphatic rings. The summed E-state index contributed by atoms with van der Waals surface area (Å²) in [5.41, 5.74) is 0. The third kappa shape index (κ3) is 2.68. The summed E-state index contributed by atoms with van der Waals surface area (Å²) in [6, 6.07) is 3.70. The molecule has 17 heavy (non-hydrogen) atoms. The van der Waals surface area contributed by atoms with Crippen LogP contribution in [0.2, 0.25) is 0 Å². The molecule has 1 unspecified atom stereocenters. The molecule has 1 amide bonds. The quantitative estimate of drug-likeness (QED) is 0.848. The number of ether oxygens (including phenoxy) is 1. The van der Waals surface area contributed by atoms with Gasteiger partial charge in [-0.3, -0.25) is 4.79 Å². The van der Waals surface area contributed by atoms with Crippen molar-refractivity contribution in [2.45, 2.75) is 19.6 Å². The summed E-state index contributed by atoms with van der Waals surface area (Å²) in [6.45, 7) is 4.81. The number of rotatable bonds is 3. The fourth-order valence-electron chi connectivity index (χ4n) is 2.00. The van der Waals surface area contributed by atoms with E-state index in [-0.39, 0.29) is 11.9 Å². The first-order valence-electron chi connectivity index (χ1n) is 5.81. The van der Waals surface area contributed by atoms with Gasteiger partial charge in [-0.1, -0.05) is 0 Å². The Morgan fingerprint density at radius 3 is 3.18 bits per heavy atom. The number of amides is 1. The van der Waals surface area contributed by atoms with E-state index in [0.717, 1.165) is 19.6 Å². The number of carbonyl (C=O) groups is 1. The van der Waals surface area contributed by atoms with Crippen LogP contribution >= 0.6 is 0 Å². The number of methoxy groups -OCH3 is 1. The van der Waals surface area contributed by atoms with Crippen molar-refractivity contribution in [2.75, 3.05) is 26.7 Å². The molecule has 0 radical (unpaired) electrons. The molecular formula is C12H18N2O3. The van der Waals surface area contributed by atoms with Crippen LogP contribution in [0, 0.1) is 0 Å². The van der Waals surface area contributed by atoms with E-state index >= 15 is 0 Å². The molecule has 1 fully saturated rings. The Morgan fingerprint density at radius 1 is 1.65 bits per heavy atom. The van der Waals surface area contributed by atoms with Crippen molar-refractivity contribution >= 4 is 5.91 Å². The highest BCUT2D eigenvalue weighted by Gasteiger charge is 2.25. The largest absolute Gasteiger partial charge is 0.453 e. The maximum Gasteiger partial charge on any atom is 0.289 e. The van der Waals surface area contributed by atoms with Crippen LogP contribution in [0.3, 0.4) is 0 Å². The van der Waals surface area contributed by atoms with E-state index in [4.69, 9.17) is 9.15 Å². The Kier molecular flexibility index (Phi) is 3.81. The van der Waals surface area contributed by atoms with E-state index in [1.54, 1.807) is 19.2 Å². The monoisotopic (exact) mass is 238 g/mol. The maximum atomic E-state index is 12.2. The molecule has 2 rings (SSSR count). The Labute approximate surface area is 101 Å². The second kappa shape index (κ2) is 5.33. The van der Waals surface area contributed by atoms with Gasteiger partial charge in [0.25, 0.3) is 5.91 Å². The molecule has 0 aliphatic carbocycles. The fourth-order valence-corrected chi connectivity index (χ4v) is 2.00.